The Balaban J connectivity index is 1.39. The molecular weight excluding hydrogens is 464 g/mol. The van der Waals surface area contributed by atoms with E-state index in [0.717, 1.165) is 48.4 Å². The van der Waals surface area contributed by atoms with E-state index < -0.39 is 11.0 Å². The van der Waals surface area contributed by atoms with Crippen LogP contribution in [0.1, 0.15) is 41.5 Å². The third-order valence-electron chi connectivity index (χ3n) is 9.42. The van der Waals surface area contributed by atoms with Crippen molar-refractivity contribution in [2.24, 2.45) is 0 Å². The van der Waals surface area contributed by atoms with Gasteiger partial charge in [-0.05, 0) is 62.4 Å². The van der Waals surface area contributed by atoms with Gasteiger partial charge in [0, 0.05) is 31.3 Å². The van der Waals surface area contributed by atoms with Crippen LogP contribution in [0.5, 0.6) is 11.5 Å². The van der Waals surface area contributed by atoms with Crippen LogP contribution in [-0.2, 0) is 16.6 Å². The van der Waals surface area contributed by atoms with Gasteiger partial charge in [0.05, 0.1) is 24.2 Å². The summed E-state index contributed by atoms with van der Waals surface area (Å²) in [4.78, 5) is 17.6. The Kier molecular flexibility index (Phi) is 5.73. The van der Waals surface area contributed by atoms with Gasteiger partial charge in [0.25, 0.3) is 0 Å². The lowest BCUT2D eigenvalue weighted by Crippen LogP contribution is -2.78. The Morgan fingerprint density at radius 3 is 2.92 bits per heavy atom. The fourth-order valence-electron chi connectivity index (χ4n) is 7.76. The molecule has 2 aromatic carbocycles. The Morgan fingerprint density at radius 1 is 1.32 bits per heavy atom. The number of carbonyl (C=O) groups excluding carboxylic acids is 1. The minimum atomic E-state index is -0.943. The first-order chi connectivity index (χ1) is 17.8. The molecule has 1 saturated heterocycles. The largest absolute Gasteiger partial charge is 0.493 e. The Bertz CT molecular complexity index is 1290. The SMILES string of the molecule is C=CCN1CC[C@]23c4c5ccc(OC)c4O[C@H]2[C@@H](N(C)C(=O)C=Cc2cccc(C)c2)CC[C@@]3(O)[C@H]1C5. The zero-order valence-electron chi connectivity index (χ0n) is 21.9. The summed E-state index contributed by atoms with van der Waals surface area (Å²) in [5, 5.41) is 12.6. The normalized spacial score (nSPS) is 31.5. The van der Waals surface area contributed by atoms with Crippen molar-refractivity contribution in [1.82, 2.24) is 9.80 Å². The van der Waals surface area contributed by atoms with Gasteiger partial charge in [-0.2, -0.15) is 0 Å². The number of nitrogens with zero attached hydrogens (tertiary/aromatic N) is 2. The quantitative estimate of drug-likeness (QED) is 0.482. The van der Waals surface area contributed by atoms with Gasteiger partial charge in [0.15, 0.2) is 11.5 Å². The first-order valence-corrected chi connectivity index (χ1v) is 13.3. The van der Waals surface area contributed by atoms with Gasteiger partial charge < -0.3 is 19.5 Å². The van der Waals surface area contributed by atoms with Crippen LogP contribution in [0.25, 0.3) is 6.08 Å². The highest BCUT2D eigenvalue weighted by Crippen LogP contribution is 2.65. The molecule has 0 radical (unpaired) electrons. The second kappa shape index (κ2) is 8.74. The van der Waals surface area contributed by atoms with Gasteiger partial charge in [-0.3, -0.25) is 9.69 Å². The fourth-order valence-corrected chi connectivity index (χ4v) is 7.76. The minimum Gasteiger partial charge on any atom is -0.493 e. The van der Waals surface area contributed by atoms with Crippen molar-refractivity contribution in [3.05, 3.63) is 77.4 Å². The topological polar surface area (TPSA) is 62.2 Å². The van der Waals surface area contributed by atoms with E-state index in [4.69, 9.17) is 9.47 Å². The van der Waals surface area contributed by atoms with Gasteiger partial charge in [0.1, 0.15) is 6.10 Å². The number of aryl methyl sites for hydroxylation is 1. The summed E-state index contributed by atoms with van der Waals surface area (Å²) in [5.41, 5.74) is 2.96. The molecule has 37 heavy (non-hydrogen) atoms. The maximum Gasteiger partial charge on any atom is 0.246 e. The van der Waals surface area contributed by atoms with E-state index in [-0.39, 0.29) is 24.1 Å². The first-order valence-electron chi connectivity index (χ1n) is 13.3. The molecular formula is C31H36N2O4. The highest BCUT2D eigenvalue weighted by Gasteiger charge is 2.73. The van der Waals surface area contributed by atoms with Crippen LogP contribution in [0.2, 0.25) is 0 Å². The summed E-state index contributed by atoms with van der Waals surface area (Å²) in [6.07, 6.45) is 7.94. The van der Waals surface area contributed by atoms with Gasteiger partial charge in [-0.15, -0.1) is 6.58 Å². The number of amides is 1. The molecule has 0 unspecified atom stereocenters. The monoisotopic (exact) mass is 500 g/mol. The number of hydrogen-bond donors (Lipinski definition) is 1. The van der Waals surface area contributed by atoms with Crippen molar-refractivity contribution in [2.45, 2.75) is 61.8 Å². The number of rotatable bonds is 6. The highest BCUT2D eigenvalue weighted by molar-refractivity contribution is 5.92. The molecule has 2 bridgehead atoms. The van der Waals surface area contributed by atoms with Gasteiger partial charge >= 0.3 is 0 Å². The average molecular weight is 501 g/mol. The Labute approximate surface area is 219 Å². The van der Waals surface area contributed by atoms with Crippen LogP contribution in [0.15, 0.2) is 55.1 Å². The molecule has 2 heterocycles. The van der Waals surface area contributed by atoms with Crippen LogP contribution in [0.4, 0.5) is 0 Å². The molecule has 194 valence electrons. The molecule has 1 amide bonds. The van der Waals surface area contributed by atoms with E-state index in [1.165, 1.54) is 5.56 Å². The van der Waals surface area contributed by atoms with Crippen LogP contribution >= 0.6 is 0 Å². The van der Waals surface area contributed by atoms with Gasteiger partial charge in [0.2, 0.25) is 5.91 Å². The maximum absolute atomic E-state index is 13.4. The van der Waals surface area contributed by atoms with Crippen LogP contribution < -0.4 is 9.47 Å². The second-order valence-electron chi connectivity index (χ2n) is 11.1. The predicted octanol–water partition coefficient (Wildman–Crippen LogP) is 3.88. The number of carbonyl (C=O) groups is 1. The van der Waals surface area contributed by atoms with Crippen molar-refractivity contribution in [2.75, 3.05) is 27.2 Å². The molecule has 4 aliphatic rings. The maximum atomic E-state index is 13.4. The fraction of sp³-hybridized carbons (Fsp3) is 0.452. The molecule has 0 aromatic heterocycles. The zero-order chi connectivity index (χ0) is 25.9. The Morgan fingerprint density at radius 2 is 2.16 bits per heavy atom. The average Bonchev–Trinajstić information content (AvgIpc) is 3.24. The van der Waals surface area contributed by atoms with Gasteiger partial charge in [-0.1, -0.05) is 42.0 Å². The van der Waals surface area contributed by atoms with E-state index in [9.17, 15) is 9.90 Å². The summed E-state index contributed by atoms with van der Waals surface area (Å²) in [6, 6.07) is 12.0. The number of aliphatic hydroxyl groups is 1. The molecule has 1 spiro atoms. The Hall–Kier alpha value is -3.09. The summed E-state index contributed by atoms with van der Waals surface area (Å²) >= 11 is 0. The van der Waals surface area contributed by atoms with Crippen molar-refractivity contribution < 1.29 is 19.4 Å². The number of hydrogen-bond acceptors (Lipinski definition) is 5. The van der Waals surface area contributed by atoms with Gasteiger partial charge in [-0.25, -0.2) is 0 Å². The van der Waals surface area contributed by atoms with Crippen molar-refractivity contribution in [3.63, 3.8) is 0 Å². The molecule has 2 aromatic rings. The third-order valence-corrected chi connectivity index (χ3v) is 9.42. The summed E-state index contributed by atoms with van der Waals surface area (Å²) in [6.45, 7) is 7.61. The van der Waals surface area contributed by atoms with Crippen LogP contribution in [0, 0.1) is 6.92 Å². The highest BCUT2D eigenvalue weighted by atomic mass is 16.5. The molecule has 6 heteroatoms. The van der Waals surface area contributed by atoms with E-state index in [2.05, 4.69) is 23.6 Å². The lowest BCUT2D eigenvalue weighted by Gasteiger charge is -2.64. The van der Waals surface area contributed by atoms with Crippen molar-refractivity contribution in [3.8, 4) is 11.5 Å². The molecule has 1 saturated carbocycles. The van der Waals surface area contributed by atoms with E-state index in [0.29, 0.717) is 18.6 Å². The number of ether oxygens (including phenoxy) is 2. The predicted molar refractivity (Wildman–Crippen MR) is 144 cm³/mol. The molecule has 5 atom stereocenters. The van der Waals surface area contributed by atoms with Crippen LogP contribution in [-0.4, -0.2) is 71.8 Å². The summed E-state index contributed by atoms with van der Waals surface area (Å²) < 4.78 is 12.5. The molecule has 2 fully saturated rings. The van der Waals surface area contributed by atoms with Crippen molar-refractivity contribution >= 4 is 12.0 Å². The smallest absolute Gasteiger partial charge is 0.246 e. The number of methoxy groups -OCH3 is 1. The number of benzene rings is 2. The summed E-state index contributed by atoms with van der Waals surface area (Å²) in [5.74, 6) is 1.39. The van der Waals surface area contributed by atoms with E-state index >= 15 is 0 Å². The molecule has 6 rings (SSSR count). The summed E-state index contributed by atoms with van der Waals surface area (Å²) in [7, 11) is 3.53. The molecule has 2 aliphatic heterocycles. The molecule has 6 nitrogen and oxygen atoms in total. The number of piperidine rings is 1. The molecule has 1 N–H and O–H groups in total. The number of likely N-dealkylation sites (tertiary alicyclic amines) is 1. The second-order valence-corrected chi connectivity index (χ2v) is 11.1. The first kappa shape index (κ1) is 24.3. The van der Waals surface area contributed by atoms with Crippen LogP contribution in [0.3, 0.4) is 0 Å². The van der Waals surface area contributed by atoms with E-state index in [1.807, 2.05) is 55.3 Å². The standard InChI is InChI=1S/C31H36N2O4/c1-5-16-33-17-15-30-27-22-10-11-24(36-4)28(27)37-29(30)23(13-14-31(30,35)25(33)19-22)32(3)26(34)12-9-21-8-6-7-20(2)18-21/h5-12,18,23,25,29,35H,1,13-17,19H2,2-4H3/t23-,25+,29-,30-,31+/m0/s1. The lowest BCUT2D eigenvalue weighted by atomic mass is 9.48. The zero-order valence-corrected chi connectivity index (χ0v) is 21.9. The van der Waals surface area contributed by atoms with Crippen molar-refractivity contribution in [1.29, 1.82) is 0 Å². The van der Waals surface area contributed by atoms with E-state index in [1.54, 1.807) is 13.2 Å². The third kappa shape index (κ3) is 3.35. The minimum absolute atomic E-state index is 0.0135. The lowest BCUT2D eigenvalue weighted by molar-refractivity contribution is -0.198. The number of likely N-dealkylation sites (N-methyl/N-ethyl adjacent to an activating group) is 1. The molecule has 2 aliphatic carbocycles.